The van der Waals surface area contributed by atoms with Crippen LogP contribution >= 0.6 is 0 Å². The summed E-state index contributed by atoms with van der Waals surface area (Å²) in [4.78, 5) is 0. The first-order valence-electron chi connectivity index (χ1n) is 2.07. The lowest BCUT2D eigenvalue weighted by Crippen LogP contribution is -1.23. The Balaban J connectivity index is 0. The van der Waals surface area contributed by atoms with Crippen molar-refractivity contribution in [3.8, 4) is 6.07 Å². The van der Waals surface area contributed by atoms with Gasteiger partial charge in [-0.3, -0.25) is 0 Å². The van der Waals surface area contributed by atoms with E-state index in [0.717, 1.165) is 0 Å². The highest BCUT2D eigenvalue weighted by molar-refractivity contribution is 4.93. The standard InChI is InChI=1S/C4H6.C3H3N/c1-3-4-2;1-2-3-4/h3-4H,1-2H2;2H,1H2. The maximum atomic E-state index is 7.51. The van der Waals surface area contributed by atoms with Gasteiger partial charge in [0.05, 0.1) is 6.07 Å². The van der Waals surface area contributed by atoms with Crippen LogP contribution in [0.3, 0.4) is 0 Å². The van der Waals surface area contributed by atoms with E-state index in [0.29, 0.717) is 0 Å². The third kappa shape index (κ3) is 129. The normalized spacial score (nSPS) is 4.38. The SMILES string of the molecule is C=CC#N.C=CC=C. The number of nitriles is 1. The minimum atomic E-state index is 1.18. The molecule has 0 aliphatic rings. The molecule has 1 heteroatoms. The number of nitrogens with zero attached hydrogens (tertiary/aromatic N) is 1. The number of hydrogen-bond acceptors (Lipinski definition) is 1. The van der Waals surface area contributed by atoms with Gasteiger partial charge in [-0.1, -0.05) is 31.9 Å². The predicted octanol–water partition coefficient (Wildman–Crippen LogP) is 2.05. The predicted molar refractivity (Wildman–Crippen MR) is 36.2 cm³/mol. The summed E-state index contributed by atoms with van der Waals surface area (Å²) < 4.78 is 0. The maximum absolute atomic E-state index is 7.51. The topological polar surface area (TPSA) is 23.8 Å². The van der Waals surface area contributed by atoms with Gasteiger partial charge in [-0.15, -0.1) is 0 Å². The molecule has 0 bridgehead atoms. The quantitative estimate of drug-likeness (QED) is 0.371. The first-order valence-corrected chi connectivity index (χ1v) is 2.07. The van der Waals surface area contributed by atoms with Gasteiger partial charge in [0.1, 0.15) is 0 Å². The van der Waals surface area contributed by atoms with Crippen molar-refractivity contribution in [1.82, 2.24) is 0 Å². The van der Waals surface area contributed by atoms with E-state index < -0.39 is 0 Å². The van der Waals surface area contributed by atoms with Crippen LogP contribution in [-0.4, -0.2) is 0 Å². The fourth-order valence-corrected chi connectivity index (χ4v) is 0. The molecule has 0 rings (SSSR count). The Labute approximate surface area is 50.3 Å². The molecule has 0 spiro atoms. The van der Waals surface area contributed by atoms with Crippen LogP contribution in [0.15, 0.2) is 38.0 Å². The van der Waals surface area contributed by atoms with Gasteiger partial charge in [0.15, 0.2) is 0 Å². The van der Waals surface area contributed by atoms with Gasteiger partial charge in [-0.05, 0) is 0 Å². The highest BCUT2D eigenvalue weighted by Crippen LogP contribution is 1.52. The minimum Gasteiger partial charge on any atom is -0.193 e. The molecule has 0 aliphatic carbocycles. The van der Waals surface area contributed by atoms with Crippen LogP contribution in [0.4, 0.5) is 0 Å². The molecule has 8 heavy (non-hydrogen) atoms. The molecular formula is C7H9N. The highest BCUT2D eigenvalue weighted by Gasteiger charge is 1.34. The van der Waals surface area contributed by atoms with Crippen molar-refractivity contribution in [2.24, 2.45) is 0 Å². The number of rotatable bonds is 1. The summed E-state index contributed by atoms with van der Waals surface area (Å²) >= 11 is 0. The van der Waals surface area contributed by atoms with Crippen molar-refractivity contribution >= 4 is 0 Å². The van der Waals surface area contributed by atoms with Gasteiger partial charge in [-0.25, -0.2) is 0 Å². The molecule has 0 N–H and O–H groups in total. The Morgan fingerprint density at radius 2 is 1.38 bits per heavy atom. The summed E-state index contributed by atoms with van der Waals surface area (Å²) in [6.45, 7) is 9.84. The molecule has 0 radical (unpaired) electrons. The van der Waals surface area contributed by atoms with Crippen LogP contribution in [0.2, 0.25) is 0 Å². The van der Waals surface area contributed by atoms with E-state index in [-0.39, 0.29) is 0 Å². The van der Waals surface area contributed by atoms with Crippen molar-refractivity contribution in [3.05, 3.63) is 38.0 Å². The summed E-state index contributed by atoms with van der Waals surface area (Å²) in [5.74, 6) is 0. The van der Waals surface area contributed by atoms with E-state index in [9.17, 15) is 0 Å². The van der Waals surface area contributed by atoms with Crippen molar-refractivity contribution in [3.63, 3.8) is 0 Å². The lowest BCUT2D eigenvalue weighted by molar-refractivity contribution is 1.54. The second-order valence-corrected chi connectivity index (χ2v) is 0.805. The van der Waals surface area contributed by atoms with Crippen LogP contribution in [0.5, 0.6) is 0 Å². The Kier molecular flexibility index (Phi) is 21.3. The molecule has 42 valence electrons. The van der Waals surface area contributed by atoms with Gasteiger partial charge >= 0.3 is 0 Å². The Morgan fingerprint density at radius 3 is 1.38 bits per heavy atom. The largest absolute Gasteiger partial charge is 0.193 e. The van der Waals surface area contributed by atoms with E-state index in [1.165, 1.54) is 6.08 Å². The van der Waals surface area contributed by atoms with Gasteiger partial charge in [0, 0.05) is 6.08 Å². The fourth-order valence-electron chi connectivity index (χ4n) is 0. The van der Waals surface area contributed by atoms with E-state index in [1.807, 2.05) is 0 Å². The van der Waals surface area contributed by atoms with E-state index in [4.69, 9.17) is 5.26 Å². The number of allylic oxidation sites excluding steroid dienone is 3. The van der Waals surface area contributed by atoms with Gasteiger partial charge in [0.25, 0.3) is 0 Å². The van der Waals surface area contributed by atoms with Crippen LogP contribution in [0.1, 0.15) is 0 Å². The molecule has 0 fully saturated rings. The maximum Gasteiger partial charge on any atom is 0.0905 e. The van der Waals surface area contributed by atoms with Crippen LogP contribution in [-0.2, 0) is 0 Å². The average molecular weight is 107 g/mol. The molecule has 0 saturated heterocycles. The average Bonchev–Trinajstić information content (AvgIpc) is 1.88. The van der Waals surface area contributed by atoms with E-state index in [1.54, 1.807) is 18.2 Å². The van der Waals surface area contributed by atoms with Gasteiger partial charge in [0.2, 0.25) is 0 Å². The first-order chi connectivity index (χ1) is 3.83. The zero-order valence-corrected chi connectivity index (χ0v) is 4.80. The van der Waals surface area contributed by atoms with Crippen LogP contribution < -0.4 is 0 Å². The third-order valence-electron chi connectivity index (χ3n) is 0.258. The molecule has 0 aliphatic heterocycles. The first kappa shape index (κ1) is 9.86. The molecule has 0 aromatic rings. The monoisotopic (exact) mass is 107 g/mol. The Hall–Kier alpha value is -1.29. The highest BCUT2D eigenvalue weighted by atomic mass is 14.2. The molecule has 0 saturated carbocycles. The molecule has 0 unspecified atom stereocenters. The lowest BCUT2D eigenvalue weighted by atomic mass is 10.6. The summed E-state index contributed by atoms with van der Waals surface area (Å²) in [5, 5.41) is 7.51. The van der Waals surface area contributed by atoms with Crippen LogP contribution in [0.25, 0.3) is 0 Å². The molecule has 0 aromatic heterocycles. The summed E-state index contributed by atoms with van der Waals surface area (Å²) in [5.41, 5.74) is 0. The molecule has 0 aromatic carbocycles. The summed E-state index contributed by atoms with van der Waals surface area (Å²) in [6, 6.07) is 1.69. The van der Waals surface area contributed by atoms with Crippen molar-refractivity contribution in [1.29, 1.82) is 5.26 Å². The second-order valence-electron chi connectivity index (χ2n) is 0.805. The molecule has 0 heterocycles. The molecule has 0 amide bonds. The van der Waals surface area contributed by atoms with E-state index in [2.05, 4.69) is 19.7 Å². The fraction of sp³-hybridized carbons (Fsp3) is 0. The summed E-state index contributed by atoms with van der Waals surface area (Å²) in [7, 11) is 0. The van der Waals surface area contributed by atoms with Crippen molar-refractivity contribution < 1.29 is 0 Å². The van der Waals surface area contributed by atoms with E-state index >= 15 is 0 Å². The Bertz CT molecular complexity index is 100. The lowest BCUT2D eigenvalue weighted by Gasteiger charge is -1.44. The molecule has 1 nitrogen and oxygen atoms in total. The minimum absolute atomic E-state index is 1.18. The Morgan fingerprint density at radius 1 is 1.12 bits per heavy atom. The second kappa shape index (κ2) is 17.2. The van der Waals surface area contributed by atoms with Gasteiger partial charge in [-0.2, -0.15) is 5.26 Å². The third-order valence-corrected chi connectivity index (χ3v) is 0.258. The number of hydrogen-bond donors (Lipinski definition) is 0. The van der Waals surface area contributed by atoms with Crippen molar-refractivity contribution in [2.75, 3.05) is 0 Å². The smallest absolute Gasteiger partial charge is 0.0905 e. The van der Waals surface area contributed by atoms with Crippen LogP contribution in [0, 0.1) is 11.3 Å². The molecule has 0 atom stereocenters. The van der Waals surface area contributed by atoms with Crippen molar-refractivity contribution in [2.45, 2.75) is 0 Å². The zero-order chi connectivity index (χ0) is 6.83. The zero-order valence-electron chi connectivity index (χ0n) is 4.80. The van der Waals surface area contributed by atoms with Gasteiger partial charge < -0.3 is 0 Å². The summed E-state index contributed by atoms with van der Waals surface area (Å²) in [6.07, 6.45) is 4.46. The molecular weight excluding hydrogens is 98.1 g/mol.